The molecule has 1 aliphatic heterocycles. The van der Waals surface area contributed by atoms with Crippen molar-refractivity contribution in [3.8, 4) is 0 Å². The highest BCUT2D eigenvalue weighted by molar-refractivity contribution is 5.41. The molecule has 0 radical (unpaired) electrons. The Kier molecular flexibility index (Phi) is 4.75. The largest absolute Gasteiger partial charge is 0.367 e. The third-order valence-corrected chi connectivity index (χ3v) is 3.96. The van der Waals surface area contributed by atoms with E-state index >= 15 is 0 Å². The number of hydrogen-bond donors (Lipinski definition) is 2. The Labute approximate surface area is 120 Å². The van der Waals surface area contributed by atoms with Crippen LogP contribution in [0.25, 0.3) is 0 Å². The number of piperidine rings is 1. The van der Waals surface area contributed by atoms with Crippen molar-refractivity contribution in [1.29, 1.82) is 0 Å². The molecule has 1 aromatic rings. The van der Waals surface area contributed by atoms with E-state index in [2.05, 4.69) is 39.5 Å². The molecule has 1 saturated heterocycles. The van der Waals surface area contributed by atoms with Crippen molar-refractivity contribution < 1.29 is 4.39 Å². The SMILES string of the molecule is CCNc1ncc(F)c(NCC2(C)CCN(C)CC2)n1. The topological polar surface area (TPSA) is 53.1 Å². The molecule has 2 rings (SSSR count). The lowest BCUT2D eigenvalue weighted by molar-refractivity contribution is 0.150. The van der Waals surface area contributed by atoms with E-state index in [1.807, 2.05) is 6.92 Å². The summed E-state index contributed by atoms with van der Waals surface area (Å²) in [5.41, 5.74) is 0.197. The average molecular weight is 281 g/mol. The summed E-state index contributed by atoms with van der Waals surface area (Å²) in [5, 5.41) is 6.15. The summed E-state index contributed by atoms with van der Waals surface area (Å²) in [5.74, 6) is 0.351. The van der Waals surface area contributed by atoms with Gasteiger partial charge in [-0.2, -0.15) is 4.98 Å². The van der Waals surface area contributed by atoms with Gasteiger partial charge in [0, 0.05) is 13.1 Å². The molecular weight excluding hydrogens is 257 g/mol. The van der Waals surface area contributed by atoms with Gasteiger partial charge in [-0.1, -0.05) is 6.92 Å². The van der Waals surface area contributed by atoms with Crippen molar-refractivity contribution in [2.24, 2.45) is 5.41 Å². The Hall–Kier alpha value is -1.43. The minimum Gasteiger partial charge on any atom is -0.367 e. The van der Waals surface area contributed by atoms with Crippen LogP contribution in [-0.2, 0) is 0 Å². The summed E-state index contributed by atoms with van der Waals surface area (Å²) in [6.45, 7) is 7.84. The summed E-state index contributed by atoms with van der Waals surface area (Å²) in [6, 6.07) is 0. The molecule has 1 aliphatic rings. The molecule has 0 aromatic carbocycles. The maximum absolute atomic E-state index is 13.7. The highest BCUT2D eigenvalue weighted by atomic mass is 19.1. The van der Waals surface area contributed by atoms with Crippen molar-refractivity contribution >= 4 is 11.8 Å². The molecule has 6 heteroatoms. The molecule has 2 N–H and O–H groups in total. The molecule has 0 amide bonds. The van der Waals surface area contributed by atoms with Gasteiger partial charge in [0.05, 0.1) is 6.20 Å². The molecule has 112 valence electrons. The van der Waals surface area contributed by atoms with E-state index < -0.39 is 5.82 Å². The molecule has 0 bridgehead atoms. The van der Waals surface area contributed by atoms with Crippen molar-refractivity contribution in [3.05, 3.63) is 12.0 Å². The van der Waals surface area contributed by atoms with E-state index in [9.17, 15) is 4.39 Å². The van der Waals surface area contributed by atoms with Gasteiger partial charge in [0.2, 0.25) is 5.95 Å². The van der Waals surface area contributed by atoms with Crippen LogP contribution >= 0.6 is 0 Å². The second kappa shape index (κ2) is 6.35. The second-order valence-electron chi connectivity index (χ2n) is 5.89. The number of rotatable bonds is 5. The summed E-state index contributed by atoms with van der Waals surface area (Å²) < 4.78 is 13.7. The summed E-state index contributed by atoms with van der Waals surface area (Å²) in [7, 11) is 2.14. The first-order chi connectivity index (χ1) is 9.52. The van der Waals surface area contributed by atoms with Gasteiger partial charge in [-0.15, -0.1) is 0 Å². The van der Waals surface area contributed by atoms with Gasteiger partial charge in [0.15, 0.2) is 11.6 Å². The smallest absolute Gasteiger partial charge is 0.224 e. The van der Waals surface area contributed by atoms with Gasteiger partial charge in [0.1, 0.15) is 0 Å². The maximum Gasteiger partial charge on any atom is 0.224 e. The van der Waals surface area contributed by atoms with Gasteiger partial charge >= 0.3 is 0 Å². The Balaban J connectivity index is 1.97. The van der Waals surface area contributed by atoms with Gasteiger partial charge < -0.3 is 15.5 Å². The van der Waals surface area contributed by atoms with Crippen LogP contribution in [0.15, 0.2) is 6.20 Å². The van der Waals surface area contributed by atoms with Crippen LogP contribution < -0.4 is 10.6 Å². The Morgan fingerprint density at radius 2 is 2.05 bits per heavy atom. The van der Waals surface area contributed by atoms with Gasteiger partial charge in [-0.25, -0.2) is 9.37 Å². The van der Waals surface area contributed by atoms with Crippen molar-refractivity contribution in [1.82, 2.24) is 14.9 Å². The predicted octanol–water partition coefficient (Wildman–Crippen LogP) is 2.19. The molecule has 2 heterocycles. The molecule has 1 aromatic heterocycles. The molecule has 0 unspecified atom stereocenters. The number of likely N-dealkylation sites (tertiary alicyclic amines) is 1. The lowest BCUT2D eigenvalue weighted by Crippen LogP contribution is -2.40. The van der Waals surface area contributed by atoms with E-state index in [4.69, 9.17) is 0 Å². The first-order valence-corrected chi connectivity index (χ1v) is 7.21. The first-order valence-electron chi connectivity index (χ1n) is 7.21. The third-order valence-electron chi connectivity index (χ3n) is 3.96. The second-order valence-corrected chi connectivity index (χ2v) is 5.89. The molecule has 20 heavy (non-hydrogen) atoms. The number of aromatic nitrogens is 2. The van der Waals surface area contributed by atoms with Crippen LogP contribution in [0.3, 0.4) is 0 Å². The maximum atomic E-state index is 13.7. The van der Waals surface area contributed by atoms with Crippen LogP contribution in [0.5, 0.6) is 0 Å². The van der Waals surface area contributed by atoms with Crippen LogP contribution in [-0.4, -0.2) is 48.1 Å². The standard InChI is InChI=1S/C14H24FN5/c1-4-16-13-17-9-11(15)12(19-13)18-10-14(2)5-7-20(3)8-6-14/h9H,4-8,10H2,1-3H3,(H2,16,17,18,19). The van der Waals surface area contributed by atoms with E-state index in [-0.39, 0.29) is 11.2 Å². The van der Waals surface area contributed by atoms with E-state index in [1.54, 1.807) is 0 Å². The highest BCUT2D eigenvalue weighted by Gasteiger charge is 2.29. The van der Waals surface area contributed by atoms with E-state index in [1.165, 1.54) is 6.20 Å². The Morgan fingerprint density at radius 3 is 2.70 bits per heavy atom. The summed E-state index contributed by atoms with van der Waals surface area (Å²) in [4.78, 5) is 10.4. The molecule has 1 fully saturated rings. The van der Waals surface area contributed by atoms with Crippen LogP contribution in [0.2, 0.25) is 0 Å². The third kappa shape index (κ3) is 3.79. The highest BCUT2D eigenvalue weighted by Crippen LogP contribution is 2.30. The van der Waals surface area contributed by atoms with Crippen molar-refractivity contribution in [2.75, 3.05) is 43.9 Å². The number of nitrogens with zero attached hydrogens (tertiary/aromatic N) is 3. The van der Waals surface area contributed by atoms with Crippen LogP contribution in [0.4, 0.5) is 16.2 Å². The fourth-order valence-electron chi connectivity index (χ4n) is 2.37. The first kappa shape index (κ1) is 15.0. The fourth-order valence-corrected chi connectivity index (χ4v) is 2.37. The number of nitrogens with one attached hydrogen (secondary N) is 2. The van der Waals surface area contributed by atoms with Crippen molar-refractivity contribution in [3.63, 3.8) is 0 Å². The van der Waals surface area contributed by atoms with Gasteiger partial charge in [0.25, 0.3) is 0 Å². The lowest BCUT2D eigenvalue weighted by atomic mass is 9.80. The average Bonchev–Trinajstić information content (AvgIpc) is 2.43. The molecule has 5 nitrogen and oxygen atoms in total. The number of hydrogen-bond acceptors (Lipinski definition) is 5. The Bertz CT molecular complexity index is 443. The Morgan fingerprint density at radius 1 is 1.35 bits per heavy atom. The minimum atomic E-state index is -0.400. The molecular formula is C14H24FN5. The fraction of sp³-hybridized carbons (Fsp3) is 0.714. The van der Waals surface area contributed by atoms with Crippen LogP contribution in [0, 0.1) is 11.2 Å². The number of halogens is 1. The van der Waals surface area contributed by atoms with Crippen LogP contribution in [0.1, 0.15) is 26.7 Å². The van der Waals surface area contributed by atoms with Gasteiger partial charge in [-0.3, -0.25) is 0 Å². The molecule has 0 spiro atoms. The predicted molar refractivity (Wildman–Crippen MR) is 79.5 cm³/mol. The van der Waals surface area contributed by atoms with Crippen molar-refractivity contribution in [2.45, 2.75) is 26.7 Å². The zero-order valence-electron chi connectivity index (χ0n) is 12.5. The monoisotopic (exact) mass is 281 g/mol. The van der Waals surface area contributed by atoms with E-state index in [0.717, 1.165) is 39.0 Å². The molecule has 0 saturated carbocycles. The zero-order chi connectivity index (χ0) is 14.6. The normalized spacial score (nSPS) is 18.8. The number of anilines is 2. The van der Waals surface area contributed by atoms with E-state index in [0.29, 0.717) is 5.95 Å². The minimum absolute atomic E-state index is 0.197. The summed E-state index contributed by atoms with van der Waals surface area (Å²) >= 11 is 0. The summed E-state index contributed by atoms with van der Waals surface area (Å²) in [6.07, 6.45) is 3.44. The zero-order valence-corrected chi connectivity index (χ0v) is 12.5. The lowest BCUT2D eigenvalue weighted by Gasteiger charge is -2.38. The molecule has 0 aliphatic carbocycles. The molecule has 0 atom stereocenters. The van der Waals surface area contributed by atoms with Gasteiger partial charge in [-0.05, 0) is 45.3 Å². The quantitative estimate of drug-likeness (QED) is 0.866.